The Morgan fingerprint density at radius 2 is 2.44 bits per heavy atom. The molecule has 0 saturated carbocycles. The smallest absolute Gasteiger partial charge is 0.228 e. The van der Waals surface area contributed by atoms with Crippen molar-refractivity contribution in [2.75, 3.05) is 5.75 Å². The predicted octanol–water partition coefficient (Wildman–Crippen LogP) is -0.249. The lowest BCUT2D eigenvalue weighted by Gasteiger charge is -1.96. The summed E-state index contributed by atoms with van der Waals surface area (Å²) < 4.78 is 0. The molecule has 3 nitrogen and oxygen atoms in total. The average molecular weight is 145 g/mol. The van der Waals surface area contributed by atoms with Crippen LogP contribution in [0, 0.1) is 5.92 Å². The maximum atomic E-state index is 10.7. The van der Waals surface area contributed by atoms with Crippen LogP contribution in [0.3, 0.4) is 0 Å². The van der Waals surface area contributed by atoms with Crippen LogP contribution in [0.25, 0.3) is 0 Å². The lowest BCUT2D eigenvalue weighted by atomic mass is 10.1. The van der Waals surface area contributed by atoms with Gasteiger partial charge in [-0.05, 0) is 6.42 Å². The second-order valence-corrected chi connectivity index (χ2v) is 3.01. The summed E-state index contributed by atoms with van der Waals surface area (Å²) in [6.45, 7) is 0. The first kappa shape index (κ1) is 6.61. The highest BCUT2D eigenvalue weighted by Crippen LogP contribution is 2.24. The van der Waals surface area contributed by atoms with Gasteiger partial charge in [0, 0.05) is 5.75 Å². The van der Waals surface area contributed by atoms with Gasteiger partial charge in [0.2, 0.25) is 11.0 Å². The zero-order chi connectivity index (χ0) is 6.85. The molecule has 1 amide bonds. The minimum atomic E-state index is -0.505. The van der Waals surface area contributed by atoms with Gasteiger partial charge >= 0.3 is 0 Å². The van der Waals surface area contributed by atoms with Gasteiger partial charge in [0.05, 0.1) is 0 Å². The Balaban J connectivity index is 2.60. The number of thioether (sulfide) groups is 1. The van der Waals surface area contributed by atoms with Gasteiger partial charge in [-0.1, -0.05) is 11.8 Å². The summed E-state index contributed by atoms with van der Waals surface area (Å²) in [4.78, 5) is 21.1. The van der Waals surface area contributed by atoms with Gasteiger partial charge in [0.1, 0.15) is 5.92 Å². The first-order chi connectivity index (χ1) is 4.22. The van der Waals surface area contributed by atoms with Crippen LogP contribution in [0.2, 0.25) is 0 Å². The normalized spacial score (nSPS) is 26.7. The SMILES string of the molecule is NC(=O)C1CCSC1=O. The standard InChI is InChI=1S/C5H7NO2S/c6-4(7)3-1-2-9-5(3)8/h3H,1-2H2,(H2,6,7). The van der Waals surface area contributed by atoms with Crippen LogP contribution >= 0.6 is 11.8 Å². The quantitative estimate of drug-likeness (QED) is 0.518. The largest absolute Gasteiger partial charge is 0.369 e. The van der Waals surface area contributed by atoms with Crippen LogP contribution in [0.1, 0.15) is 6.42 Å². The van der Waals surface area contributed by atoms with Crippen LogP contribution in [0.15, 0.2) is 0 Å². The summed E-state index contributed by atoms with van der Waals surface area (Å²) >= 11 is 1.19. The van der Waals surface area contributed by atoms with Crippen molar-refractivity contribution in [3.8, 4) is 0 Å². The molecule has 0 spiro atoms. The maximum Gasteiger partial charge on any atom is 0.228 e. The van der Waals surface area contributed by atoms with Crippen molar-refractivity contribution in [3.05, 3.63) is 0 Å². The minimum absolute atomic E-state index is 0.0671. The van der Waals surface area contributed by atoms with Gasteiger partial charge in [-0.2, -0.15) is 0 Å². The number of hydrogen-bond acceptors (Lipinski definition) is 3. The molecule has 0 aromatic rings. The molecule has 0 aliphatic carbocycles. The van der Waals surface area contributed by atoms with Crippen LogP contribution in [0.5, 0.6) is 0 Å². The number of carbonyl (C=O) groups excluding carboxylic acids is 2. The Morgan fingerprint density at radius 3 is 2.67 bits per heavy atom. The van der Waals surface area contributed by atoms with Crippen molar-refractivity contribution < 1.29 is 9.59 Å². The molecule has 1 saturated heterocycles. The first-order valence-electron chi connectivity index (χ1n) is 2.68. The van der Waals surface area contributed by atoms with Crippen molar-refractivity contribution in [1.82, 2.24) is 0 Å². The van der Waals surface area contributed by atoms with E-state index in [0.29, 0.717) is 6.42 Å². The summed E-state index contributed by atoms with van der Waals surface area (Å²) in [5.74, 6) is -0.244. The van der Waals surface area contributed by atoms with Crippen molar-refractivity contribution in [3.63, 3.8) is 0 Å². The van der Waals surface area contributed by atoms with Gasteiger partial charge in [0.25, 0.3) is 0 Å². The Kier molecular flexibility index (Phi) is 1.75. The lowest BCUT2D eigenvalue weighted by Crippen LogP contribution is -2.25. The number of primary amides is 1. The molecule has 50 valence electrons. The third-order valence-corrected chi connectivity index (χ3v) is 2.29. The summed E-state index contributed by atoms with van der Waals surface area (Å²) in [6.07, 6.45) is 0.624. The fourth-order valence-electron chi connectivity index (χ4n) is 0.754. The molecule has 1 fully saturated rings. The van der Waals surface area contributed by atoms with E-state index in [-0.39, 0.29) is 5.12 Å². The monoisotopic (exact) mass is 145 g/mol. The molecule has 1 unspecified atom stereocenters. The van der Waals surface area contributed by atoms with Gasteiger partial charge in [0.15, 0.2) is 0 Å². The summed E-state index contributed by atoms with van der Waals surface area (Å²) in [5.41, 5.74) is 4.92. The van der Waals surface area contributed by atoms with Crippen LogP contribution < -0.4 is 5.73 Å². The molecule has 1 rings (SSSR count). The molecule has 1 aliphatic heterocycles. The van der Waals surface area contributed by atoms with Crippen molar-refractivity contribution in [2.24, 2.45) is 11.7 Å². The Morgan fingerprint density at radius 1 is 1.78 bits per heavy atom. The van der Waals surface area contributed by atoms with E-state index in [4.69, 9.17) is 5.73 Å². The summed E-state index contributed by atoms with van der Waals surface area (Å²) in [5, 5.41) is -0.0671. The number of carbonyl (C=O) groups is 2. The van der Waals surface area contributed by atoms with Crippen molar-refractivity contribution >= 4 is 22.8 Å². The molecular weight excluding hydrogens is 138 g/mol. The summed E-state index contributed by atoms with van der Waals surface area (Å²) in [7, 11) is 0. The fourth-order valence-corrected chi connectivity index (χ4v) is 1.74. The second kappa shape index (κ2) is 2.39. The Labute approximate surface area is 57.0 Å². The van der Waals surface area contributed by atoms with E-state index >= 15 is 0 Å². The molecule has 4 heteroatoms. The molecule has 2 N–H and O–H groups in total. The molecule has 0 bridgehead atoms. The second-order valence-electron chi connectivity index (χ2n) is 1.91. The van der Waals surface area contributed by atoms with E-state index in [1.807, 2.05) is 0 Å². The third-order valence-electron chi connectivity index (χ3n) is 1.28. The number of rotatable bonds is 1. The fraction of sp³-hybridized carbons (Fsp3) is 0.600. The van der Waals surface area contributed by atoms with Gasteiger partial charge in [-0.3, -0.25) is 9.59 Å². The van der Waals surface area contributed by atoms with Gasteiger partial charge < -0.3 is 5.73 Å². The first-order valence-corrected chi connectivity index (χ1v) is 3.66. The van der Waals surface area contributed by atoms with E-state index in [9.17, 15) is 9.59 Å². The van der Waals surface area contributed by atoms with Crippen molar-refractivity contribution in [1.29, 1.82) is 0 Å². The van der Waals surface area contributed by atoms with Gasteiger partial charge in [-0.25, -0.2) is 0 Å². The van der Waals surface area contributed by atoms with Crippen LogP contribution in [-0.2, 0) is 9.59 Å². The Hall–Kier alpha value is -0.510. The molecule has 0 radical (unpaired) electrons. The van der Waals surface area contributed by atoms with E-state index in [1.165, 1.54) is 11.8 Å². The lowest BCUT2D eigenvalue weighted by molar-refractivity contribution is -0.127. The highest BCUT2D eigenvalue weighted by atomic mass is 32.2. The van der Waals surface area contributed by atoms with E-state index < -0.39 is 11.8 Å². The molecular formula is C5H7NO2S. The van der Waals surface area contributed by atoms with E-state index in [1.54, 1.807) is 0 Å². The minimum Gasteiger partial charge on any atom is -0.369 e. The molecule has 1 aliphatic rings. The zero-order valence-corrected chi connectivity index (χ0v) is 5.61. The third kappa shape index (κ3) is 1.24. The topological polar surface area (TPSA) is 60.2 Å². The molecule has 1 atom stereocenters. The van der Waals surface area contributed by atoms with Crippen molar-refractivity contribution in [2.45, 2.75) is 6.42 Å². The number of nitrogens with two attached hydrogens (primary N) is 1. The zero-order valence-electron chi connectivity index (χ0n) is 4.79. The highest BCUT2D eigenvalue weighted by Gasteiger charge is 2.29. The Bertz CT molecular complexity index is 157. The van der Waals surface area contributed by atoms with Gasteiger partial charge in [-0.15, -0.1) is 0 Å². The molecule has 0 aromatic carbocycles. The van der Waals surface area contributed by atoms with E-state index in [2.05, 4.69) is 0 Å². The predicted molar refractivity (Wildman–Crippen MR) is 34.8 cm³/mol. The van der Waals surface area contributed by atoms with Crippen LogP contribution in [-0.4, -0.2) is 16.8 Å². The van der Waals surface area contributed by atoms with E-state index in [0.717, 1.165) is 5.75 Å². The molecule has 9 heavy (non-hydrogen) atoms. The summed E-state index contributed by atoms with van der Waals surface area (Å²) in [6, 6.07) is 0. The number of hydrogen-bond donors (Lipinski definition) is 1. The molecule has 0 aromatic heterocycles. The number of amides is 1. The average Bonchev–Trinajstić information content (AvgIpc) is 2.13. The molecule has 1 heterocycles. The van der Waals surface area contributed by atoms with Crippen LogP contribution in [0.4, 0.5) is 0 Å². The highest BCUT2D eigenvalue weighted by molar-refractivity contribution is 8.14. The maximum absolute atomic E-state index is 10.7.